The predicted octanol–water partition coefficient (Wildman–Crippen LogP) is 9.63. The first-order chi connectivity index (χ1) is 32.1. The third kappa shape index (κ3) is 13.3. The lowest BCUT2D eigenvalue weighted by Crippen LogP contribution is -2.65. The van der Waals surface area contributed by atoms with Crippen molar-refractivity contribution in [3.05, 3.63) is 215 Å². The van der Waals surface area contributed by atoms with E-state index in [1.165, 1.54) is 0 Å². The summed E-state index contributed by atoms with van der Waals surface area (Å²) in [7, 11) is 1.62. The molecule has 0 spiro atoms. The van der Waals surface area contributed by atoms with E-state index in [0.29, 0.717) is 19.8 Å². The topological polar surface area (TPSA) is 92.3 Å². The Morgan fingerprint density at radius 1 is 0.354 bits per heavy atom. The molecule has 0 aromatic heterocycles. The lowest BCUT2D eigenvalue weighted by atomic mass is 9.96. The minimum absolute atomic E-state index is 0.157. The van der Waals surface area contributed by atoms with Gasteiger partial charge in [-0.25, -0.2) is 0 Å². The van der Waals surface area contributed by atoms with E-state index < -0.39 is 61.4 Å². The third-order valence-corrected chi connectivity index (χ3v) is 11.7. The van der Waals surface area contributed by atoms with E-state index in [2.05, 4.69) is 0 Å². The van der Waals surface area contributed by atoms with Gasteiger partial charge in [0.25, 0.3) is 0 Å². The fourth-order valence-corrected chi connectivity index (χ4v) is 8.27. The molecule has 2 aliphatic rings. The molecule has 6 aromatic carbocycles. The quantitative estimate of drug-likeness (QED) is 0.0657. The van der Waals surface area contributed by atoms with Crippen LogP contribution in [0.1, 0.15) is 40.3 Å². The van der Waals surface area contributed by atoms with Crippen LogP contribution in [0, 0.1) is 0 Å². The van der Waals surface area contributed by atoms with E-state index >= 15 is 0 Å². The minimum atomic E-state index is -0.979. The summed E-state index contributed by atoms with van der Waals surface area (Å²) in [5.41, 5.74) is 6.06. The van der Waals surface area contributed by atoms with Crippen LogP contribution in [-0.2, 0) is 87.0 Å². The van der Waals surface area contributed by atoms with Gasteiger partial charge in [0, 0.05) is 7.11 Å². The highest BCUT2D eigenvalue weighted by Crippen LogP contribution is 2.36. The molecule has 8 rings (SSSR count). The molecule has 10 atom stereocenters. The van der Waals surface area contributed by atoms with Crippen molar-refractivity contribution in [1.29, 1.82) is 0 Å². The molecule has 65 heavy (non-hydrogen) atoms. The normalized spacial score (nSPS) is 25.6. The van der Waals surface area contributed by atoms with Crippen LogP contribution in [0.5, 0.6) is 0 Å². The van der Waals surface area contributed by atoms with Crippen LogP contribution in [0.25, 0.3) is 0 Å². The zero-order valence-electron chi connectivity index (χ0n) is 37.1. The second-order valence-electron chi connectivity index (χ2n) is 16.4. The summed E-state index contributed by atoms with van der Waals surface area (Å²) in [6.07, 6.45) is -7.18. The van der Waals surface area contributed by atoms with Crippen LogP contribution in [0.4, 0.5) is 0 Å². The Balaban J connectivity index is 1.15. The van der Waals surface area contributed by atoms with Gasteiger partial charge in [0.1, 0.15) is 42.7 Å². The summed E-state index contributed by atoms with van der Waals surface area (Å²) < 4.78 is 68.0. The molecule has 10 heteroatoms. The lowest BCUT2D eigenvalue weighted by molar-refractivity contribution is -0.372. The van der Waals surface area contributed by atoms with Gasteiger partial charge in [-0.2, -0.15) is 0 Å². The number of ether oxygens (including phenoxy) is 10. The van der Waals surface area contributed by atoms with Crippen molar-refractivity contribution in [2.75, 3.05) is 13.7 Å². The van der Waals surface area contributed by atoms with Crippen molar-refractivity contribution in [1.82, 2.24) is 0 Å². The summed E-state index contributed by atoms with van der Waals surface area (Å²) in [4.78, 5) is 0. The fraction of sp³-hybridized carbons (Fsp3) is 0.345. The Bertz CT molecular complexity index is 2200. The molecule has 0 amide bonds. The summed E-state index contributed by atoms with van der Waals surface area (Å²) in [5.74, 6) is 0. The molecule has 2 saturated heterocycles. The average molecular weight is 881 g/mol. The lowest BCUT2D eigenvalue weighted by Gasteiger charge is -2.49. The molecule has 10 nitrogen and oxygen atoms in total. The van der Waals surface area contributed by atoms with E-state index in [4.69, 9.17) is 47.4 Å². The number of rotatable bonds is 22. The number of methoxy groups -OCH3 is 1. The smallest absolute Gasteiger partial charge is 0.187 e. The molecule has 2 fully saturated rings. The molecule has 0 saturated carbocycles. The highest BCUT2D eigenvalue weighted by Gasteiger charge is 2.54. The first-order valence-corrected chi connectivity index (χ1v) is 22.5. The molecule has 2 aliphatic heterocycles. The third-order valence-electron chi connectivity index (χ3n) is 11.7. The first kappa shape index (κ1) is 46.4. The molecule has 2 heterocycles. The van der Waals surface area contributed by atoms with Crippen LogP contribution < -0.4 is 0 Å². The Hall–Kier alpha value is -5.08. The molecule has 0 bridgehead atoms. The highest BCUT2D eigenvalue weighted by atomic mass is 16.8. The SMILES string of the molecule is CO[C@@H]1O[C@H](COCc2ccccc2)[C@@H](O[C@@H]2O[C@@H](C)[C@H](OCc3ccccc3)[C@@H](OCc3ccccc3)[C@H]2OCc2ccccc2)[C@H](OCc2ccccc2)[C@H]1OCc1ccccc1. The zero-order valence-corrected chi connectivity index (χ0v) is 37.1. The highest BCUT2D eigenvalue weighted by molar-refractivity contribution is 5.18. The minimum Gasteiger partial charge on any atom is -0.374 e. The Kier molecular flexibility index (Phi) is 17.5. The fourth-order valence-electron chi connectivity index (χ4n) is 8.27. The Labute approximate surface area is 383 Å². The largest absolute Gasteiger partial charge is 0.374 e. The van der Waals surface area contributed by atoms with Crippen LogP contribution in [0.2, 0.25) is 0 Å². The predicted molar refractivity (Wildman–Crippen MR) is 246 cm³/mol. The summed E-state index contributed by atoms with van der Waals surface area (Å²) in [6, 6.07) is 60.4. The first-order valence-electron chi connectivity index (χ1n) is 22.5. The summed E-state index contributed by atoms with van der Waals surface area (Å²) in [5, 5.41) is 0. The van der Waals surface area contributed by atoms with Crippen molar-refractivity contribution < 1.29 is 47.4 Å². The Morgan fingerprint density at radius 3 is 1.06 bits per heavy atom. The van der Waals surface area contributed by atoms with Gasteiger partial charge in [0.05, 0.1) is 52.4 Å². The van der Waals surface area contributed by atoms with E-state index in [1.54, 1.807) is 7.11 Å². The van der Waals surface area contributed by atoms with Gasteiger partial charge >= 0.3 is 0 Å². The molecule has 340 valence electrons. The van der Waals surface area contributed by atoms with E-state index in [1.807, 2.05) is 189 Å². The standard InChI is InChI=1S/C55H60O10/c1-40-48(58-34-42-23-11-4-12-24-42)50(59-35-43-25-13-5-14-26-43)53(62-38-46-31-19-8-20-32-46)55(63-40)65-49-47(39-57-33-41-21-9-3-10-22-41)64-54(56-2)52(61-37-45-29-17-7-18-30-45)51(49)60-36-44-27-15-6-16-28-44/h3-32,40,47-55H,33-39H2,1-2H3/t40-,47+,48-,49+,50+,51-,52+,53+,54+,55-/m0/s1. The van der Waals surface area contributed by atoms with Crippen molar-refractivity contribution in [3.63, 3.8) is 0 Å². The maximum Gasteiger partial charge on any atom is 0.187 e. The zero-order chi connectivity index (χ0) is 44.5. The van der Waals surface area contributed by atoms with Gasteiger partial charge < -0.3 is 47.4 Å². The van der Waals surface area contributed by atoms with Crippen molar-refractivity contribution in [2.45, 2.75) is 108 Å². The number of benzene rings is 6. The average Bonchev–Trinajstić information content (AvgIpc) is 3.36. The van der Waals surface area contributed by atoms with Crippen LogP contribution in [0.15, 0.2) is 182 Å². The van der Waals surface area contributed by atoms with Gasteiger partial charge in [0.15, 0.2) is 12.6 Å². The number of hydrogen-bond donors (Lipinski definition) is 0. The molecule has 0 aliphatic carbocycles. The summed E-state index contributed by atoms with van der Waals surface area (Å²) >= 11 is 0. The van der Waals surface area contributed by atoms with Crippen molar-refractivity contribution in [3.8, 4) is 0 Å². The van der Waals surface area contributed by atoms with Gasteiger partial charge in [-0.3, -0.25) is 0 Å². The molecule has 6 aromatic rings. The maximum absolute atomic E-state index is 7.34. The van der Waals surface area contributed by atoms with Gasteiger partial charge in [-0.1, -0.05) is 182 Å². The molecule has 0 N–H and O–H groups in total. The molecular weight excluding hydrogens is 821 g/mol. The van der Waals surface area contributed by atoms with Crippen molar-refractivity contribution >= 4 is 0 Å². The van der Waals surface area contributed by atoms with Crippen molar-refractivity contribution in [2.24, 2.45) is 0 Å². The maximum atomic E-state index is 7.34. The van der Waals surface area contributed by atoms with E-state index in [0.717, 1.165) is 33.4 Å². The Morgan fingerprint density at radius 2 is 0.677 bits per heavy atom. The van der Waals surface area contributed by atoms with Crippen LogP contribution in [0.3, 0.4) is 0 Å². The second-order valence-corrected chi connectivity index (χ2v) is 16.4. The van der Waals surface area contributed by atoms with Crippen LogP contribution in [-0.4, -0.2) is 75.1 Å². The van der Waals surface area contributed by atoms with Crippen LogP contribution >= 0.6 is 0 Å². The molecular formula is C55H60O10. The van der Waals surface area contributed by atoms with Gasteiger partial charge in [-0.05, 0) is 40.3 Å². The van der Waals surface area contributed by atoms with Gasteiger partial charge in [-0.15, -0.1) is 0 Å². The summed E-state index contributed by atoms with van der Waals surface area (Å²) in [6.45, 7) is 4.02. The van der Waals surface area contributed by atoms with E-state index in [9.17, 15) is 0 Å². The molecule has 0 radical (unpaired) electrons. The molecule has 0 unspecified atom stereocenters. The van der Waals surface area contributed by atoms with E-state index in [-0.39, 0.29) is 26.4 Å². The number of hydrogen-bond acceptors (Lipinski definition) is 10. The monoisotopic (exact) mass is 880 g/mol. The van der Waals surface area contributed by atoms with Gasteiger partial charge in [0.2, 0.25) is 0 Å². The second kappa shape index (κ2) is 24.4.